The minimum atomic E-state index is -0.292. The van der Waals surface area contributed by atoms with Crippen molar-refractivity contribution in [2.45, 2.75) is 64.6 Å². The van der Waals surface area contributed by atoms with Gasteiger partial charge in [0.05, 0.1) is 11.3 Å². The predicted octanol–water partition coefficient (Wildman–Crippen LogP) is 5.75. The second kappa shape index (κ2) is 10.8. The Labute approximate surface area is 214 Å². The first kappa shape index (κ1) is 25.3. The molecule has 2 aromatic heterocycles. The summed E-state index contributed by atoms with van der Waals surface area (Å²) in [6.07, 6.45) is 3.88. The number of thioether (sulfide) groups is 1. The van der Waals surface area contributed by atoms with E-state index in [9.17, 15) is 10.1 Å². The molecule has 3 aromatic rings. The Morgan fingerprint density at radius 1 is 1.34 bits per heavy atom. The van der Waals surface area contributed by atoms with E-state index in [0.717, 1.165) is 48.1 Å². The molecule has 9 heteroatoms. The zero-order chi connectivity index (χ0) is 25.1. The molecule has 0 fully saturated rings. The van der Waals surface area contributed by atoms with E-state index in [1.54, 1.807) is 11.3 Å². The van der Waals surface area contributed by atoms with Crippen molar-refractivity contribution in [3.8, 4) is 11.8 Å². The first-order chi connectivity index (χ1) is 16.8. The van der Waals surface area contributed by atoms with Crippen LogP contribution in [0.25, 0.3) is 0 Å². The minimum absolute atomic E-state index is 0.152. The second-order valence-electron chi connectivity index (χ2n) is 9.16. The first-order valence-electron chi connectivity index (χ1n) is 11.9. The van der Waals surface area contributed by atoms with E-state index in [1.165, 1.54) is 16.6 Å². The molecular formula is C26H31N5O2S2. The summed E-state index contributed by atoms with van der Waals surface area (Å²) in [5, 5.41) is 22.5. The van der Waals surface area contributed by atoms with Gasteiger partial charge in [-0.2, -0.15) is 5.26 Å². The highest BCUT2D eigenvalue weighted by atomic mass is 32.2. The summed E-state index contributed by atoms with van der Waals surface area (Å²) in [4.78, 5) is 14.0. The number of amides is 1. The third-order valence-corrected chi connectivity index (χ3v) is 8.57. The van der Waals surface area contributed by atoms with Gasteiger partial charge in [0.25, 0.3) is 0 Å². The molecule has 2 unspecified atom stereocenters. The summed E-state index contributed by atoms with van der Waals surface area (Å²) in [5.41, 5.74) is 4.05. The number of fused-ring (bicyclic) bond motifs is 1. The molecule has 0 aliphatic heterocycles. The zero-order valence-corrected chi connectivity index (χ0v) is 22.5. The van der Waals surface area contributed by atoms with E-state index in [0.29, 0.717) is 27.5 Å². The molecule has 7 nitrogen and oxygen atoms in total. The highest BCUT2D eigenvalue weighted by Gasteiger charge is 2.26. The van der Waals surface area contributed by atoms with E-state index < -0.39 is 0 Å². The Bertz CT molecular complexity index is 1250. The minimum Gasteiger partial charge on any atom is -0.483 e. The number of hydrogen-bond acceptors (Lipinski definition) is 7. The molecule has 1 amide bonds. The molecule has 2 heterocycles. The topological polar surface area (TPSA) is 92.8 Å². The maximum Gasteiger partial charge on any atom is 0.235 e. The van der Waals surface area contributed by atoms with Crippen LogP contribution in [0, 0.1) is 31.1 Å². The standard InChI is InChI=1S/C26H31N5O2S2/c1-6-18-7-8-20-21(13-27)25(35-22(20)12-18)28-23(32)14-34-26-30-29-24(31(26)5)17(4)33-19-10-15(2)9-16(3)11-19/h9-11,17-18H,6-8,12,14H2,1-5H3,(H,28,32). The normalized spacial score (nSPS) is 15.8. The number of nitrogens with one attached hydrogen (secondary N) is 1. The Hall–Kier alpha value is -2.83. The summed E-state index contributed by atoms with van der Waals surface area (Å²) >= 11 is 2.88. The van der Waals surface area contributed by atoms with Gasteiger partial charge in [0, 0.05) is 11.9 Å². The van der Waals surface area contributed by atoms with Crippen LogP contribution in [0.15, 0.2) is 23.4 Å². The number of hydrogen-bond donors (Lipinski definition) is 1. The summed E-state index contributed by atoms with van der Waals surface area (Å²) in [5.74, 6) is 2.18. The fourth-order valence-electron chi connectivity index (χ4n) is 4.57. The van der Waals surface area contributed by atoms with Crippen LogP contribution in [-0.2, 0) is 24.7 Å². The van der Waals surface area contributed by atoms with Gasteiger partial charge in [-0.05, 0) is 74.8 Å². The average Bonchev–Trinajstić information content (AvgIpc) is 3.35. The molecule has 0 spiro atoms. The first-order valence-corrected chi connectivity index (χ1v) is 13.7. The van der Waals surface area contributed by atoms with Gasteiger partial charge < -0.3 is 14.6 Å². The number of aromatic nitrogens is 3. The third kappa shape index (κ3) is 5.71. The predicted molar refractivity (Wildman–Crippen MR) is 140 cm³/mol. The molecule has 0 radical (unpaired) electrons. The number of nitrogens with zero attached hydrogens (tertiary/aromatic N) is 4. The molecular weight excluding hydrogens is 478 g/mol. The van der Waals surface area contributed by atoms with Crippen molar-refractivity contribution in [2.24, 2.45) is 13.0 Å². The number of thiophene rings is 1. The number of carbonyl (C=O) groups is 1. The quantitative estimate of drug-likeness (QED) is 0.389. The molecule has 0 bridgehead atoms. The molecule has 2 atom stereocenters. The molecule has 1 aliphatic rings. The number of carbonyl (C=O) groups excluding carboxylic acids is 1. The van der Waals surface area contributed by atoms with Crippen LogP contribution in [-0.4, -0.2) is 26.4 Å². The van der Waals surface area contributed by atoms with Gasteiger partial charge in [-0.3, -0.25) is 4.79 Å². The molecule has 1 N–H and O–H groups in total. The van der Waals surface area contributed by atoms with Crippen molar-refractivity contribution in [3.05, 3.63) is 51.2 Å². The van der Waals surface area contributed by atoms with Crippen molar-refractivity contribution >= 4 is 34.0 Å². The van der Waals surface area contributed by atoms with E-state index in [4.69, 9.17) is 4.74 Å². The monoisotopic (exact) mass is 509 g/mol. The number of aryl methyl sites for hydroxylation is 2. The van der Waals surface area contributed by atoms with Crippen LogP contribution >= 0.6 is 23.1 Å². The Morgan fingerprint density at radius 2 is 2.09 bits per heavy atom. The summed E-state index contributed by atoms with van der Waals surface area (Å²) in [7, 11) is 1.88. The zero-order valence-electron chi connectivity index (χ0n) is 20.8. The van der Waals surface area contributed by atoms with Crippen molar-refractivity contribution < 1.29 is 9.53 Å². The number of rotatable bonds is 8. The lowest BCUT2D eigenvalue weighted by atomic mass is 9.86. The lowest BCUT2D eigenvalue weighted by Crippen LogP contribution is -2.15. The maximum absolute atomic E-state index is 12.7. The number of benzene rings is 1. The van der Waals surface area contributed by atoms with Gasteiger partial charge in [-0.25, -0.2) is 0 Å². The van der Waals surface area contributed by atoms with Crippen LogP contribution in [0.5, 0.6) is 5.75 Å². The van der Waals surface area contributed by atoms with Crippen molar-refractivity contribution in [1.29, 1.82) is 5.26 Å². The Morgan fingerprint density at radius 3 is 2.77 bits per heavy atom. The van der Waals surface area contributed by atoms with Crippen molar-refractivity contribution in [2.75, 3.05) is 11.1 Å². The molecule has 35 heavy (non-hydrogen) atoms. The van der Waals surface area contributed by atoms with Crippen molar-refractivity contribution in [3.63, 3.8) is 0 Å². The third-order valence-electron chi connectivity index (χ3n) is 6.38. The second-order valence-corrected chi connectivity index (χ2v) is 11.2. The fourth-order valence-corrected chi connectivity index (χ4v) is 6.61. The van der Waals surface area contributed by atoms with Gasteiger partial charge in [0.15, 0.2) is 17.1 Å². The van der Waals surface area contributed by atoms with Gasteiger partial charge >= 0.3 is 0 Å². The van der Waals surface area contributed by atoms with E-state index >= 15 is 0 Å². The molecule has 0 saturated carbocycles. The highest BCUT2D eigenvalue weighted by Crippen LogP contribution is 2.40. The van der Waals surface area contributed by atoms with Gasteiger partial charge in [0.1, 0.15) is 16.8 Å². The van der Waals surface area contributed by atoms with Crippen LogP contribution < -0.4 is 10.1 Å². The summed E-state index contributed by atoms with van der Waals surface area (Å²) < 4.78 is 7.96. The van der Waals surface area contributed by atoms with Gasteiger partial charge in [0.2, 0.25) is 5.91 Å². The van der Waals surface area contributed by atoms with Gasteiger partial charge in [-0.15, -0.1) is 21.5 Å². The fraction of sp³-hybridized carbons (Fsp3) is 0.462. The summed E-state index contributed by atoms with van der Waals surface area (Å²) in [6, 6.07) is 8.42. The number of ether oxygens (including phenoxy) is 1. The van der Waals surface area contributed by atoms with Crippen LogP contribution in [0.2, 0.25) is 0 Å². The van der Waals surface area contributed by atoms with E-state index in [1.807, 2.05) is 44.5 Å². The largest absolute Gasteiger partial charge is 0.483 e. The van der Waals surface area contributed by atoms with Crippen LogP contribution in [0.3, 0.4) is 0 Å². The lowest BCUT2D eigenvalue weighted by Gasteiger charge is -2.20. The molecule has 184 valence electrons. The van der Waals surface area contributed by atoms with E-state index in [-0.39, 0.29) is 17.8 Å². The number of anilines is 1. The van der Waals surface area contributed by atoms with Crippen molar-refractivity contribution in [1.82, 2.24) is 14.8 Å². The number of nitriles is 1. The highest BCUT2D eigenvalue weighted by molar-refractivity contribution is 7.99. The lowest BCUT2D eigenvalue weighted by molar-refractivity contribution is -0.113. The Kier molecular flexibility index (Phi) is 7.82. The van der Waals surface area contributed by atoms with E-state index in [2.05, 4.69) is 34.6 Å². The molecule has 0 saturated heterocycles. The van der Waals surface area contributed by atoms with Gasteiger partial charge in [-0.1, -0.05) is 31.2 Å². The smallest absolute Gasteiger partial charge is 0.235 e. The molecule has 4 rings (SSSR count). The van der Waals surface area contributed by atoms with Crippen LogP contribution in [0.4, 0.5) is 5.00 Å². The Balaban J connectivity index is 1.38. The average molecular weight is 510 g/mol. The SMILES string of the molecule is CCC1CCc2c(sc(NC(=O)CSc3nnc(C(C)Oc4cc(C)cc(C)c4)n3C)c2C#N)C1. The summed E-state index contributed by atoms with van der Waals surface area (Å²) in [6.45, 7) is 8.23. The maximum atomic E-state index is 12.7. The molecule has 1 aromatic carbocycles. The van der Waals surface area contributed by atoms with Crippen LogP contribution in [0.1, 0.15) is 65.7 Å². The molecule has 1 aliphatic carbocycles.